The Morgan fingerprint density at radius 3 is 2.87 bits per heavy atom. The average molecular weight is 211 g/mol. The highest BCUT2D eigenvalue weighted by Crippen LogP contribution is 1.96. The van der Waals surface area contributed by atoms with Crippen LogP contribution in [0.25, 0.3) is 0 Å². The Morgan fingerprint density at radius 2 is 2.33 bits per heavy atom. The lowest BCUT2D eigenvalue weighted by atomic mass is 10.3. The second-order valence-corrected chi connectivity index (χ2v) is 3.14. The Bertz CT molecular complexity index is 359. The number of aromatic nitrogens is 2. The summed E-state index contributed by atoms with van der Waals surface area (Å²) in [6.45, 7) is 0.357. The van der Waals surface area contributed by atoms with E-state index < -0.39 is 5.97 Å². The minimum atomic E-state index is -0.857. The van der Waals surface area contributed by atoms with Gasteiger partial charge in [0.25, 0.3) is 5.91 Å². The van der Waals surface area contributed by atoms with Crippen molar-refractivity contribution < 1.29 is 14.7 Å². The van der Waals surface area contributed by atoms with Gasteiger partial charge in [-0.15, -0.1) is 0 Å². The molecule has 2 N–H and O–H groups in total. The van der Waals surface area contributed by atoms with Crippen LogP contribution in [0.15, 0.2) is 12.5 Å². The summed E-state index contributed by atoms with van der Waals surface area (Å²) in [6, 6.07) is 0. The number of carboxylic acid groups (broad SMARTS) is 1. The molecule has 6 nitrogen and oxygen atoms in total. The summed E-state index contributed by atoms with van der Waals surface area (Å²) in [5.74, 6) is -1.09. The average Bonchev–Trinajstić information content (AvgIpc) is 2.58. The molecule has 82 valence electrons. The number of aryl methyl sites for hydroxylation is 1. The zero-order valence-corrected chi connectivity index (χ0v) is 8.43. The van der Waals surface area contributed by atoms with E-state index in [0.717, 1.165) is 0 Å². The molecular weight excluding hydrogens is 198 g/mol. The van der Waals surface area contributed by atoms with Gasteiger partial charge < -0.3 is 15.0 Å². The molecule has 1 heterocycles. The van der Waals surface area contributed by atoms with Crippen molar-refractivity contribution in [3.8, 4) is 0 Å². The SMILES string of the molecule is Cn1cncc1C(=O)NCCCC(=O)O. The summed E-state index contributed by atoms with van der Waals surface area (Å²) in [4.78, 5) is 25.5. The third kappa shape index (κ3) is 3.41. The van der Waals surface area contributed by atoms with E-state index >= 15 is 0 Å². The van der Waals surface area contributed by atoms with Gasteiger partial charge in [-0.05, 0) is 6.42 Å². The number of hydrogen-bond acceptors (Lipinski definition) is 3. The third-order valence-corrected chi connectivity index (χ3v) is 1.90. The Hall–Kier alpha value is -1.85. The third-order valence-electron chi connectivity index (χ3n) is 1.90. The first kappa shape index (κ1) is 11.2. The minimum Gasteiger partial charge on any atom is -0.481 e. The van der Waals surface area contributed by atoms with Crippen molar-refractivity contribution in [2.45, 2.75) is 12.8 Å². The highest BCUT2D eigenvalue weighted by Gasteiger charge is 2.08. The summed E-state index contributed by atoms with van der Waals surface area (Å²) >= 11 is 0. The van der Waals surface area contributed by atoms with Gasteiger partial charge in [0, 0.05) is 20.0 Å². The first-order valence-electron chi connectivity index (χ1n) is 4.57. The fourth-order valence-electron chi connectivity index (χ4n) is 1.11. The molecule has 0 radical (unpaired) electrons. The standard InChI is InChI=1S/C9H13N3O3/c1-12-6-10-5-7(12)9(15)11-4-2-3-8(13)14/h5-6H,2-4H2,1H3,(H,11,15)(H,13,14). The van der Waals surface area contributed by atoms with Gasteiger partial charge in [0.2, 0.25) is 0 Å². The van der Waals surface area contributed by atoms with E-state index in [0.29, 0.717) is 18.7 Å². The van der Waals surface area contributed by atoms with Crippen LogP contribution < -0.4 is 5.32 Å². The highest BCUT2D eigenvalue weighted by atomic mass is 16.4. The van der Waals surface area contributed by atoms with Crippen LogP contribution in [0.1, 0.15) is 23.3 Å². The molecule has 0 unspecified atom stereocenters. The van der Waals surface area contributed by atoms with Crippen LogP contribution in [0.5, 0.6) is 0 Å². The van der Waals surface area contributed by atoms with Crippen LogP contribution in [-0.2, 0) is 11.8 Å². The molecule has 1 amide bonds. The summed E-state index contributed by atoms with van der Waals surface area (Å²) in [7, 11) is 1.72. The van der Waals surface area contributed by atoms with Crippen molar-refractivity contribution in [2.75, 3.05) is 6.54 Å². The first-order chi connectivity index (χ1) is 7.11. The van der Waals surface area contributed by atoms with Crippen molar-refractivity contribution in [1.29, 1.82) is 0 Å². The number of carbonyl (C=O) groups is 2. The number of hydrogen-bond donors (Lipinski definition) is 2. The van der Waals surface area contributed by atoms with Gasteiger partial charge in [0.1, 0.15) is 5.69 Å². The van der Waals surface area contributed by atoms with Crippen LogP contribution in [0.4, 0.5) is 0 Å². The Morgan fingerprint density at radius 1 is 1.60 bits per heavy atom. The van der Waals surface area contributed by atoms with E-state index in [-0.39, 0.29) is 12.3 Å². The smallest absolute Gasteiger partial charge is 0.303 e. The van der Waals surface area contributed by atoms with Crippen LogP contribution in [0, 0.1) is 0 Å². The van der Waals surface area contributed by atoms with Gasteiger partial charge >= 0.3 is 5.97 Å². The summed E-state index contributed by atoms with van der Waals surface area (Å²) in [5, 5.41) is 11.0. The molecule has 0 saturated heterocycles. The molecule has 6 heteroatoms. The number of imidazole rings is 1. The Labute approximate surface area is 86.9 Å². The van der Waals surface area contributed by atoms with Crippen LogP contribution >= 0.6 is 0 Å². The second kappa shape index (κ2) is 5.14. The maximum atomic E-state index is 11.5. The maximum Gasteiger partial charge on any atom is 0.303 e. The number of aliphatic carboxylic acids is 1. The molecule has 0 aliphatic carbocycles. The number of amides is 1. The molecule has 0 bridgehead atoms. The molecule has 0 saturated carbocycles. The topological polar surface area (TPSA) is 84.2 Å². The van der Waals surface area contributed by atoms with Gasteiger partial charge in [0.15, 0.2) is 0 Å². The molecule has 0 atom stereocenters. The van der Waals surface area contributed by atoms with E-state index in [1.807, 2.05) is 0 Å². The van der Waals surface area contributed by atoms with E-state index in [9.17, 15) is 9.59 Å². The zero-order valence-electron chi connectivity index (χ0n) is 8.43. The van der Waals surface area contributed by atoms with Crippen LogP contribution in [0.3, 0.4) is 0 Å². The van der Waals surface area contributed by atoms with Crippen molar-refractivity contribution in [3.63, 3.8) is 0 Å². The predicted molar refractivity (Wildman–Crippen MR) is 52.4 cm³/mol. The van der Waals surface area contributed by atoms with E-state index in [1.165, 1.54) is 12.5 Å². The number of carboxylic acids is 1. The molecule has 0 aliphatic rings. The Balaban J connectivity index is 2.31. The molecule has 0 fully saturated rings. The Kier molecular flexibility index (Phi) is 3.84. The van der Waals surface area contributed by atoms with Crippen LogP contribution in [-0.4, -0.2) is 33.1 Å². The lowest BCUT2D eigenvalue weighted by Gasteiger charge is -2.03. The van der Waals surface area contributed by atoms with Gasteiger partial charge in [-0.25, -0.2) is 4.98 Å². The lowest BCUT2D eigenvalue weighted by Crippen LogP contribution is -2.26. The maximum absolute atomic E-state index is 11.5. The van der Waals surface area contributed by atoms with Gasteiger partial charge in [0.05, 0.1) is 12.5 Å². The van der Waals surface area contributed by atoms with Crippen molar-refractivity contribution in [2.24, 2.45) is 7.05 Å². The van der Waals surface area contributed by atoms with E-state index in [1.54, 1.807) is 11.6 Å². The van der Waals surface area contributed by atoms with Crippen molar-refractivity contribution in [1.82, 2.24) is 14.9 Å². The largest absolute Gasteiger partial charge is 0.481 e. The second-order valence-electron chi connectivity index (χ2n) is 3.14. The number of carbonyl (C=O) groups excluding carboxylic acids is 1. The monoisotopic (exact) mass is 211 g/mol. The lowest BCUT2D eigenvalue weighted by molar-refractivity contribution is -0.137. The number of nitrogens with one attached hydrogen (secondary N) is 1. The molecular formula is C9H13N3O3. The minimum absolute atomic E-state index is 0.0612. The summed E-state index contributed by atoms with van der Waals surface area (Å²) < 4.78 is 1.60. The quantitative estimate of drug-likeness (QED) is 0.672. The zero-order chi connectivity index (χ0) is 11.3. The molecule has 0 aliphatic heterocycles. The summed E-state index contributed by atoms with van der Waals surface area (Å²) in [5.41, 5.74) is 0.463. The normalized spacial score (nSPS) is 9.93. The molecule has 15 heavy (non-hydrogen) atoms. The van der Waals surface area contributed by atoms with Gasteiger partial charge in [-0.3, -0.25) is 9.59 Å². The fourth-order valence-corrected chi connectivity index (χ4v) is 1.11. The molecule has 0 aromatic carbocycles. The van der Waals surface area contributed by atoms with E-state index in [4.69, 9.17) is 5.11 Å². The highest BCUT2D eigenvalue weighted by molar-refractivity contribution is 5.92. The number of rotatable bonds is 5. The molecule has 0 spiro atoms. The first-order valence-corrected chi connectivity index (χ1v) is 4.57. The number of nitrogens with zero attached hydrogens (tertiary/aromatic N) is 2. The van der Waals surface area contributed by atoms with Gasteiger partial charge in [-0.2, -0.15) is 0 Å². The predicted octanol–water partition coefficient (Wildman–Crippen LogP) is 0.0147. The van der Waals surface area contributed by atoms with Crippen molar-refractivity contribution in [3.05, 3.63) is 18.2 Å². The molecule has 1 rings (SSSR count). The fraction of sp³-hybridized carbons (Fsp3) is 0.444. The van der Waals surface area contributed by atoms with Crippen LogP contribution in [0.2, 0.25) is 0 Å². The molecule has 1 aromatic heterocycles. The van der Waals surface area contributed by atoms with Gasteiger partial charge in [-0.1, -0.05) is 0 Å². The summed E-state index contributed by atoms with van der Waals surface area (Å²) in [6.07, 6.45) is 3.49. The van der Waals surface area contributed by atoms with E-state index in [2.05, 4.69) is 10.3 Å². The van der Waals surface area contributed by atoms with Crippen molar-refractivity contribution >= 4 is 11.9 Å². The molecule has 1 aromatic rings.